The third-order valence-electron chi connectivity index (χ3n) is 2.25. The van der Waals surface area contributed by atoms with E-state index in [0.29, 0.717) is 23.9 Å². The molecule has 1 atom stereocenters. The Bertz CT molecular complexity index is 360. The van der Waals surface area contributed by atoms with Crippen LogP contribution < -0.4 is 15.8 Å². The monoisotopic (exact) mass is 236 g/mol. The Morgan fingerprint density at radius 1 is 1.29 bits per heavy atom. The van der Waals surface area contributed by atoms with Gasteiger partial charge in [0.25, 0.3) is 5.91 Å². The van der Waals surface area contributed by atoms with Gasteiger partial charge < -0.3 is 15.8 Å². The van der Waals surface area contributed by atoms with Gasteiger partial charge in [0.1, 0.15) is 5.75 Å². The van der Waals surface area contributed by atoms with Crippen molar-refractivity contribution in [3.05, 3.63) is 24.3 Å². The molecule has 1 amide bonds. The highest BCUT2D eigenvalue weighted by Gasteiger charge is 2.14. The number of carbonyl (C=O) groups is 1. The van der Waals surface area contributed by atoms with E-state index in [2.05, 4.69) is 5.32 Å². The highest BCUT2D eigenvalue weighted by Crippen LogP contribution is 2.14. The van der Waals surface area contributed by atoms with Crippen LogP contribution in [-0.4, -0.2) is 18.6 Å². The van der Waals surface area contributed by atoms with E-state index in [9.17, 15) is 4.79 Å². The second kappa shape index (κ2) is 6.13. The summed E-state index contributed by atoms with van der Waals surface area (Å²) in [7, 11) is 0. The zero-order chi connectivity index (χ0) is 12.8. The standard InChI is InChI=1S/C13H20N2O2/c1-9(2)8-15-13(16)10(3)17-12-6-4-11(14)5-7-12/h4-7,9-10H,8,14H2,1-3H3,(H,15,16). The van der Waals surface area contributed by atoms with Crippen LogP contribution in [0, 0.1) is 5.92 Å². The van der Waals surface area contributed by atoms with Crippen LogP contribution in [-0.2, 0) is 4.79 Å². The first kappa shape index (κ1) is 13.4. The lowest BCUT2D eigenvalue weighted by molar-refractivity contribution is -0.127. The average Bonchev–Trinajstić information content (AvgIpc) is 2.28. The van der Waals surface area contributed by atoms with E-state index >= 15 is 0 Å². The van der Waals surface area contributed by atoms with Gasteiger partial charge in [0.15, 0.2) is 6.10 Å². The van der Waals surface area contributed by atoms with Gasteiger partial charge in [-0.2, -0.15) is 0 Å². The Morgan fingerprint density at radius 2 is 1.88 bits per heavy atom. The maximum atomic E-state index is 11.7. The van der Waals surface area contributed by atoms with Crippen LogP contribution in [0.15, 0.2) is 24.3 Å². The predicted octanol–water partition coefficient (Wildman–Crippen LogP) is 1.81. The van der Waals surface area contributed by atoms with Crippen LogP contribution in [0.4, 0.5) is 5.69 Å². The van der Waals surface area contributed by atoms with Gasteiger partial charge in [0.2, 0.25) is 0 Å². The maximum absolute atomic E-state index is 11.7. The molecule has 1 aromatic carbocycles. The number of hydrogen-bond acceptors (Lipinski definition) is 3. The van der Waals surface area contributed by atoms with E-state index in [4.69, 9.17) is 10.5 Å². The van der Waals surface area contributed by atoms with Crippen molar-refractivity contribution in [1.82, 2.24) is 5.32 Å². The fourth-order valence-electron chi connectivity index (χ4n) is 1.25. The molecule has 0 aliphatic heterocycles. The molecular formula is C13H20N2O2. The minimum Gasteiger partial charge on any atom is -0.481 e. The van der Waals surface area contributed by atoms with Crippen molar-refractivity contribution in [2.75, 3.05) is 12.3 Å². The van der Waals surface area contributed by atoms with E-state index in [0.717, 1.165) is 0 Å². The summed E-state index contributed by atoms with van der Waals surface area (Å²) in [5.74, 6) is 0.976. The van der Waals surface area contributed by atoms with Crippen molar-refractivity contribution < 1.29 is 9.53 Å². The molecule has 0 aliphatic carbocycles. The molecule has 4 nitrogen and oxygen atoms in total. The second-order valence-electron chi connectivity index (χ2n) is 4.47. The molecule has 0 saturated heterocycles. The third-order valence-corrected chi connectivity index (χ3v) is 2.25. The summed E-state index contributed by atoms with van der Waals surface area (Å²) in [6.07, 6.45) is -0.502. The molecule has 94 valence electrons. The third kappa shape index (κ3) is 4.76. The molecule has 0 aliphatic rings. The van der Waals surface area contributed by atoms with Gasteiger partial charge in [-0.05, 0) is 37.1 Å². The van der Waals surface area contributed by atoms with Crippen molar-refractivity contribution in [1.29, 1.82) is 0 Å². The summed E-state index contributed by atoms with van der Waals surface area (Å²) in [5, 5.41) is 2.82. The molecule has 1 aromatic rings. The Morgan fingerprint density at radius 3 is 2.41 bits per heavy atom. The summed E-state index contributed by atoms with van der Waals surface area (Å²) in [6, 6.07) is 6.99. The van der Waals surface area contributed by atoms with Crippen LogP contribution in [0.3, 0.4) is 0 Å². The normalized spacial score (nSPS) is 12.2. The minimum atomic E-state index is -0.502. The smallest absolute Gasteiger partial charge is 0.260 e. The summed E-state index contributed by atoms with van der Waals surface area (Å²) in [4.78, 5) is 11.7. The van der Waals surface area contributed by atoms with Crippen molar-refractivity contribution in [2.45, 2.75) is 26.9 Å². The van der Waals surface area contributed by atoms with E-state index in [1.165, 1.54) is 0 Å². The van der Waals surface area contributed by atoms with Gasteiger partial charge in [0.05, 0.1) is 0 Å². The number of nitrogens with two attached hydrogens (primary N) is 1. The van der Waals surface area contributed by atoms with Gasteiger partial charge in [-0.25, -0.2) is 0 Å². The largest absolute Gasteiger partial charge is 0.481 e. The van der Waals surface area contributed by atoms with Crippen LogP contribution in [0.1, 0.15) is 20.8 Å². The van der Waals surface area contributed by atoms with E-state index in [1.54, 1.807) is 31.2 Å². The number of benzene rings is 1. The number of ether oxygens (including phenoxy) is 1. The van der Waals surface area contributed by atoms with Gasteiger partial charge in [-0.3, -0.25) is 4.79 Å². The number of anilines is 1. The lowest BCUT2D eigenvalue weighted by atomic mass is 10.2. The minimum absolute atomic E-state index is 0.101. The zero-order valence-electron chi connectivity index (χ0n) is 10.6. The number of amides is 1. The molecule has 0 bridgehead atoms. The molecule has 1 rings (SSSR count). The molecule has 0 aromatic heterocycles. The molecule has 0 spiro atoms. The molecular weight excluding hydrogens is 216 g/mol. The SMILES string of the molecule is CC(C)CNC(=O)C(C)Oc1ccc(N)cc1. The average molecular weight is 236 g/mol. The van der Waals surface area contributed by atoms with Crippen molar-refractivity contribution in [2.24, 2.45) is 5.92 Å². The van der Waals surface area contributed by atoms with Crippen LogP contribution in [0.5, 0.6) is 5.75 Å². The number of rotatable bonds is 5. The summed E-state index contributed by atoms with van der Waals surface area (Å²) >= 11 is 0. The van der Waals surface area contributed by atoms with Crippen molar-refractivity contribution in [3.63, 3.8) is 0 Å². The fraction of sp³-hybridized carbons (Fsp3) is 0.462. The lowest BCUT2D eigenvalue weighted by Crippen LogP contribution is -2.38. The van der Waals surface area contributed by atoms with Crippen molar-refractivity contribution in [3.8, 4) is 5.75 Å². The van der Waals surface area contributed by atoms with Crippen molar-refractivity contribution >= 4 is 11.6 Å². The van der Waals surface area contributed by atoms with E-state index < -0.39 is 6.10 Å². The molecule has 17 heavy (non-hydrogen) atoms. The summed E-state index contributed by atoms with van der Waals surface area (Å²) < 4.78 is 5.50. The number of nitrogen functional groups attached to an aromatic ring is 1. The lowest BCUT2D eigenvalue weighted by Gasteiger charge is -2.15. The van der Waals surface area contributed by atoms with Crippen LogP contribution in [0.25, 0.3) is 0 Å². The fourth-order valence-corrected chi connectivity index (χ4v) is 1.25. The highest BCUT2D eigenvalue weighted by molar-refractivity contribution is 5.80. The van der Waals surface area contributed by atoms with Gasteiger partial charge in [-0.15, -0.1) is 0 Å². The zero-order valence-corrected chi connectivity index (χ0v) is 10.6. The number of nitrogens with one attached hydrogen (secondary N) is 1. The topological polar surface area (TPSA) is 64.3 Å². The summed E-state index contributed by atoms with van der Waals surface area (Å²) in [6.45, 7) is 6.48. The van der Waals surface area contributed by atoms with E-state index in [-0.39, 0.29) is 5.91 Å². The quantitative estimate of drug-likeness (QED) is 0.766. The second-order valence-corrected chi connectivity index (χ2v) is 4.47. The molecule has 0 saturated carbocycles. The Kier molecular flexibility index (Phi) is 4.82. The molecule has 1 unspecified atom stereocenters. The first-order chi connectivity index (χ1) is 7.99. The molecule has 0 heterocycles. The molecule has 0 radical (unpaired) electrons. The maximum Gasteiger partial charge on any atom is 0.260 e. The molecule has 4 heteroatoms. The molecule has 3 N–H and O–H groups in total. The number of carbonyl (C=O) groups excluding carboxylic acids is 1. The summed E-state index contributed by atoms with van der Waals surface area (Å²) in [5.41, 5.74) is 6.24. The van der Waals surface area contributed by atoms with E-state index in [1.807, 2.05) is 13.8 Å². The van der Waals surface area contributed by atoms with Crippen LogP contribution in [0.2, 0.25) is 0 Å². The number of hydrogen-bond donors (Lipinski definition) is 2. The Labute approximate surface area is 102 Å². The van der Waals surface area contributed by atoms with Gasteiger partial charge in [0, 0.05) is 12.2 Å². The first-order valence-electron chi connectivity index (χ1n) is 5.79. The highest BCUT2D eigenvalue weighted by atomic mass is 16.5. The predicted molar refractivity (Wildman–Crippen MR) is 68.8 cm³/mol. The van der Waals surface area contributed by atoms with Gasteiger partial charge >= 0.3 is 0 Å². The Hall–Kier alpha value is -1.71. The Balaban J connectivity index is 2.45. The molecule has 0 fully saturated rings. The first-order valence-corrected chi connectivity index (χ1v) is 5.79. The van der Waals surface area contributed by atoms with Crippen LogP contribution >= 0.6 is 0 Å². The van der Waals surface area contributed by atoms with Gasteiger partial charge in [-0.1, -0.05) is 13.8 Å².